The van der Waals surface area contributed by atoms with Crippen molar-refractivity contribution < 1.29 is 18.3 Å². The number of benzene rings is 2. The summed E-state index contributed by atoms with van der Waals surface area (Å²) in [4.78, 5) is 0. The predicted molar refractivity (Wildman–Crippen MR) is 78.0 cm³/mol. The first-order chi connectivity index (χ1) is 9.77. The Balaban J connectivity index is 2.30. The number of hydrogen-bond donors (Lipinski definition) is 1. The first kappa shape index (κ1) is 15.2. The summed E-state index contributed by atoms with van der Waals surface area (Å²) >= 11 is 0. The van der Waals surface area contributed by atoms with Crippen molar-refractivity contribution in [3.8, 4) is 5.75 Å². The monoisotopic (exact) mass is 292 g/mol. The summed E-state index contributed by atoms with van der Waals surface area (Å²) in [7, 11) is 0. The molecule has 0 aromatic heterocycles. The molecule has 0 aliphatic rings. The molecular weight excluding hydrogens is 277 g/mol. The number of phenols is 1. The van der Waals surface area contributed by atoms with Crippen LogP contribution in [-0.4, -0.2) is 5.11 Å². The van der Waals surface area contributed by atoms with Crippen LogP contribution in [0.3, 0.4) is 0 Å². The molecule has 0 aliphatic heterocycles. The van der Waals surface area contributed by atoms with Gasteiger partial charge in [0.25, 0.3) is 0 Å². The van der Waals surface area contributed by atoms with Gasteiger partial charge in [0, 0.05) is 0 Å². The van der Waals surface area contributed by atoms with E-state index in [-0.39, 0.29) is 5.75 Å². The average Bonchev–Trinajstić information content (AvgIpc) is 2.42. The van der Waals surface area contributed by atoms with E-state index in [1.165, 1.54) is 6.07 Å². The van der Waals surface area contributed by atoms with Crippen LogP contribution in [0.2, 0.25) is 0 Å². The third-order valence-electron chi connectivity index (χ3n) is 3.20. The van der Waals surface area contributed by atoms with Crippen molar-refractivity contribution in [3.05, 3.63) is 64.2 Å². The molecule has 4 heteroatoms. The van der Waals surface area contributed by atoms with Crippen LogP contribution in [0.4, 0.5) is 13.2 Å². The zero-order valence-electron chi connectivity index (χ0n) is 11.7. The maximum Gasteiger partial charge on any atom is 0.416 e. The van der Waals surface area contributed by atoms with E-state index in [4.69, 9.17) is 0 Å². The van der Waals surface area contributed by atoms with Gasteiger partial charge in [-0.05, 0) is 60.4 Å². The molecule has 0 fully saturated rings. The molecule has 0 unspecified atom stereocenters. The van der Waals surface area contributed by atoms with Crippen molar-refractivity contribution in [2.45, 2.75) is 20.0 Å². The Kier molecular flexibility index (Phi) is 4.07. The fourth-order valence-corrected chi connectivity index (χ4v) is 2.10. The molecule has 21 heavy (non-hydrogen) atoms. The Bertz CT molecular complexity index is 662. The van der Waals surface area contributed by atoms with Gasteiger partial charge in [-0.1, -0.05) is 24.3 Å². The van der Waals surface area contributed by atoms with E-state index in [9.17, 15) is 18.3 Å². The van der Waals surface area contributed by atoms with Gasteiger partial charge < -0.3 is 5.11 Å². The molecule has 2 aromatic rings. The lowest BCUT2D eigenvalue weighted by Crippen LogP contribution is -2.04. The first-order valence-corrected chi connectivity index (χ1v) is 6.43. The van der Waals surface area contributed by atoms with Gasteiger partial charge in [-0.2, -0.15) is 13.2 Å². The van der Waals surface area contributed by atoms with Crippen LogP contribution >= 0.6 is 0 Å². The first-order valence-electron chi connectivity index (χ1n) is 6.43. The molecule has 0 saturated carbocycles. The van der Waals surface area contributed by atoms with Crippen molar-refractivity contribution in [2.24, 2.45) is 0 Å². The van der Waals surface area contributed by atoms with Crippen LogP contribution in [0.5, 0.6) is 5.75 Å². The Morgan fingerprint density at radius 1 is 0.905 bits per heavy atom. The summed E-state index contributed by atoms with van der Waals surface area (Å²) < 4.78 is 37.9. The third-order valence-corrected chi connectivity index (χ3v) is 3.20. The fraction of sp³-hybridized carbons (Fsp3) is 0.176. The minimum atomic E-state index is -4.34. The Morgan fingerprint density at radius 2 is 1.48 bits per heavy atom. The lowest BCUT2D eigenvalue weighted by molar-refractivity contribution is -0.137. The maximum absolute atomic E-state index is 12.6. The van der Waals surface area contributed by atoms with E-state index < -0.39 is 11.7 Å². The number of aryl methyl sites for hydroxylation is 2. The summed E-state index contributed by atoms with van der Waals surface area (Å²) in [6.45, 7) is 3.56. The molecule has 0 spiro atoms. The highest BCUT2D eigenvalue weighted by Crippen LogP contribution is 2.30. The lowest BCUT2D eigenvalue weighted by Gasteiger charge is -2.07. The smallest absolute Gasteiger partial charge is 0.416 e. The van der Waals surface area contributed by atoms with Gasteiger partial charge >= 0.3 is 6.18 Å². The van der Waals surface area contributed by atoms with E-state index in [1.807, 2.05) is 0 Å². The minimum absolute atomic E-state index is 0.242. The highest BCUT2D eigenvalue weighted by atomic mass is 19.4. The molecule has 0 bridgehead atoms. The highest BCUT2D eigenvalue weighted by molar-refractivity contribution is 5.71. The van der Waals surface area contributed by atoms with Gasteiger partial charge in [0.1, 0.15) is 5.75 Å². The number of rotatable bonds is 2. The second-order valence-electron chi connectivity index (χ2n) is 4.96. The minimum Gasteiger partial charge on any atom is -0.507 e. The van der Waals surface area contributed by atoms with E-state index in [1.54, 1.807) is 44.2 Å². The van der Waals surface area contributed by atoms with Crippen LogP contribution in [0.25, 0.3) is 12.2 Å². The topological polar surface area (TPSA) is 20.2 Å². The van der Waals surface area contributed by atoms with Crippen LogP contribution in [0.1, 0.15) is 27.8 Å². The molecule has 2 rings (SSSR count). The van der Waals surface area contributed by atoms with Gasteiger partial charge in [0.15, 0.2) is 0 Å². The number of halogens is 3. The molecule has 0 heterocycles. The van der Waals surface area contributed by atoms with Gasteiger partial charge in [0.2, 0.25) is 0 Å². The van der Waals surface area contributed by atoms with Crippen molar-refractivity contribution in [3.63, 3.8) is 0 Å². The van der Waals surface area contributed by atoms with Gasteiger partial charge in [-0.25, -0.2) is 0 Å². The van der Waals surface area contributed by atoms with Gasteiger partial charge in [-0.15, -0.1) is 0 Å². The van der Waals surface area contributed by atoms with E-state index in [0.29, 0.717) is 5.56 Å². The van der Waals surface area contributed by atoms with Crippen molar-refractivity contribution >= 4 is 12.2 Å². The molecule has 0 atom stereocenters. The van der Waals surface area contributed by atoms with Crippen molar-refractivity contribution in [2.75, 3.05) is 0 Å². The Labute approximate surface area is 121 Å². The molecule has 0 radical (unpaired) electrons. The number of hydrogen-bond acceptors (Lipinski definition) is 1. The zero-order valence-corrected chi connectivity index (χ0v) is 11.7. The van der Waals surface area contributed by atoms with Gasteiger partial charge in [-0.3, -0.25) is 0 Å². The Hall–Kier alpha value is -2.23. The van der Waals surface area contributed by atoms with Crippen LogP contribution in [0, 0.1) is 13.8 Å². The largest absolute Gasteiger partial charge is 0.507 e. The van der Waals surface area contributed by atoms with E-state index in [2.05, 4.69) is 0 Å². The molecule has 0 aliphatic carbocycles. The van der Waals surface area contributed by atoms with Crippen molar-refractivity contribution in [1.82, 2.24) is 0 Å². The molecule has 110 valence electrons. The molecular formula is C17H15F3O. The van der Waals surface area contributed by atoms with Crippen LogP contribution in [-0.2, 0) is 6.18 Å². The lowest BCUT2D eigenvalue weighted by atomic mass is 10.0. The standard InChI is InChI=1S/C17H15F3O/c1-11-8-14(9-12(2)16(11)21)7-6-13-4-3-5-15(10-13)17(18,19)20/h3-10,21H,1-2H3/b7-6+. The van der Waals surface area contributed by atoms with Crippen LogP contribution < -0.4 is 0 Å². The summed E-state index contributed by atoms with van der Waals surface area (Å²) in [5.41, 5.74) is 2.12. The summed E-state index contributed by atoms with van der Waals surface area (Å²) in [6.07, 6.45) is -0.981. The molecule has 0 amide bonds. The highest BCUT2D eigenvalue weighted by Gasteiger charge is 2.30. The normalized spacial score (nSPS) is 12.0. The summed E-state index contributed by atoms with van der Waals surface area (Å²) in [6, 6.07) is 8.73. The molecule has 2 aromatic carbocycles. The SMILES string of the molecule is Cc1cc(/C=C/c2cccc(C(F)(F)F)c2)cc(C)c1O. The van der Waals surface area contributed by atoms with Crippen LogP contribution in [0.15, 0.2) is 36.4 Å². The molecule has 0 saturated heterocycles. The maximum atomic E-state index is 12.6. The average molecular weight is 292 g/mol. The number of aromatic hydroxyl groups is 1. The number of phenolic OH excluding ortho intramolecular Hbond substituents is 1. The van der Waals surface area contributed by atoms with E-state index >= 15 is 0 Å². The molecule has 1 N–H and O–H groups in total. The number of alkyl halides is 3. The fourth-order valence-electron chi connectivity index (χ4n) is 2.10. The Morgan fingerprint density at radius 3 is 2.05 bits per heavy atom. The zero-order chi connectivity index (χ0) is 15.6. The second-order valence-corrected chi connectivity index (χ2v) is 4.96. The summed E-state index contributed by atoms with van der Waals surface area (Å²) in [5.74, 6) is 0.242. The van der Waals surface area contributed by atoms with Crippen molar-refractivity contribution in [1.29, 1.82) is 0 Å². The van der Waals surface area contributed by atoms with E-state index in [0.717, 1.165) is 28.8 Å². The third kappa shape index (κ3) is 3.66. The quantitative estimate of drug-likeness (QED) is 0.754. The second kappa shape index (κ2) is 5.64. The van der Waals surface area contributed by atoms with Gasteiger partial charge in [0.05, 0.1) is 5.56 Å². The molecule has 1 nitrogen and oxygen atoms in total. The summed E-state index contributed by atoms with van der Waals surface area (Å²) in [5, 5.41) is 9.69. The predicted octanol–water partition coefficient (Wildman–Crippen LogP) is 5.20.